The Morgan fingerprint density at radius 1 is 0.667 bits per heavy atom. The van der Waals surface area contributed by atoms with Crippen LogP contribution in [0, 0.1) is 0 Å². The minimum absolute atomic E-state index is 0.0198. The summed E-state index contributed by atoms with van der Waals surface area (Å²) in [6, 6.07) is 34.1. The number of anilines is 1. The smallest absolute Gasteiger partial charge is 0.323 e. The molecule has 2 N–H and O–H groups in total. The Morgan fingerprint density at radius 3 is 1.74 bits per heavy atom. The Balaban J connectivity index is 1.54. The second-order valence-corrected chi connectivity index (χ2v) is 10.9. The van der Waals surface area contributed by atoms with Gasteiger partial charge in [0.05, 0.1) is 12.6 Å². The van der Waals surface area contributed by atoms with Gasteiger partial charge in [-0.2, -0.15) is 5.48 Å². The number of hydrogen-bond acceptors (Lipinski definition) is 5. The molecule has 0 fully saturated rings. The van der Waals surface area contributed by atoms with Crippen LogP contribution in [0.2, 0.25) is 0 Å². The van der Waals surface area contributed by atoms with Gasteiger partial charge in [0.2, 0.25) is 5.91 Å². The van der Waals surface area contributed by atoms with Crippen LogP contribution < -0.4 is 10.8 Å². The summed E-state index contributed by atoms with van der Waals surface area (Å²) in [4.78, 5) is 33.4. The van der Waals surface area contributed by atoms with Crippen LogP contribution in [0.3, 0.4) is 0 Å². The average molecular weight is 565 g/mol. The number of esters is 1. The SMILES string of the molecule is CC(C)c1cccc(C(C)C)c1NC(=O)C(C(=O)OCC(NOCc1ccccc1)c1ccccc1)c1ccccc1. The third-order valence-corrected chi connectivity index (χ3v) is 7.15. The Bertz CT molecular complexity index is 1400. The zero-order valence-electron chi connectivity index (χ0n) is 24.7. The minimum atomic E-state index is -1.15. The molecule has 0 aromatic heterocycles. The summed E-state index contributed by atoms with van der Waals surface area (Å²) < 4.78 is 5.85. The molecule has 0 aliphatic carbocycles. The molecule has 0 bridgehead atoms. The zero-order valence-corrected chi connectivity index (χ0v) is 24.7. The molecule has 4 aromatic rings. The number of rotatable bonds is 13. The topological polar surface area (TPSA) is 76.7 Å². The van der Waals surface area contributed by atoms with Gasteiger partial charge < -0.3 is 10.1 Å². The summed E-state index contributed by atoms with van der Waals surface area (Å²) >= 11 is 0. The molecule has 0 saturated carbocycles. The van der Waals surface area contributed by atoms with E-state index in [1.54, 1.807) is 12.1 Å². The molecule has 6 heteroatoms. The highest BCUT2D eigenvalue weighted by Gasteiger charge is 2.32. The normalized spacial score (nSPS) is 12.6. The molecule has 218 valence electrons. The molecule has 2 unspecified atom stereocenters. The first kappa shape index (κ1) is 30.7. The van der Waals surface area contributed by atoms with Crippen molar-refractivity contribution in [3.8, 4) is 0 Å². The Kier molecular flexibility index (Phi) is 11.0. The van der Waals surface area contributed by atoms with Crippen LogP contribution in [0.15, 0.2) is 109 Å². The predicted octanol–water partition coefficient (Wildman–Crippen LogP) is 7.66. The van der Waals surface area contributed by atoms with E-state index >= 15 is 0 Å². The molecule has 42 heavy (non-hydrogen) atoms. The van der Waals surface area contributed by atoms with Gasteiger partial charge in [0.15, 0.2) is 5.92 Å². The fraction of sp³-hybridized carbons (Fsp3) is 0.278. The average Bonchev–Trinajstić information content (AvgIpc) is 3.00. The number of hydroxylamine groups is 1. The van der Waals surface area contributed by atoms with Gasteiger partial charge in [0.1, 0.15) is 6.61 Å². The Labute approximate surface area is 249 Å². The van der Waals surface area contributed by atoms with Crippen molar-refractivity contribution in [2.75, 3.05) is 11.9 Å². The molecule has 0 aliphatic heterocycles. The second kappa shape index (κ2) is 15.1. The number of benzene rings is 4. The van der Waals surface area contributed by atoms with Gasteiger partial charge in [-0.05, 0) is 39.7 Å². The monoisotopic (exact) mass is 564 g/mol. The van der Waals surface area contributed by atoms with Gasteiger partial charge in [-0.25, -0.2) is 0 Å². The van der Waals surface area contributed by atoms with Crippen molar-refractivity contribution in [2.45, 2.75) is 58.1 Å². The summed E-state index contributed by atoms with van der Waals surface area (Å²) in [6.45, 7) is 8.70. The number of hydrogen-bond donors (Lipinski definition) is 2. The van der Waals surface area contributed by atoms with Crippen LogP contribution in [0.4, 0.5) is 5.69 Å². The van der Waals surface area contributed by atoms with Gasteiger partial charge in [-0.15, -0.1) is 0 Å². The molecule has 0 heterocycles. The van der Waals surface area contributed by atoms with E-state index in [1.165, 1.54) is 0 Å². The van der Waals surface area contributed by atoms with Gasteiger partial charge in [-0.1, -0.05) is 137 Å². The van der Waals surface area contributed by atoms with E-state index in [-0.39, 0.29) is 18.4 Å². The second-order valence-electron chi connectivity index (χ2n) is 10.9. The van der Waals surface area contributed by atoms with E-state index in [9.17, 15) is 9.59 Å². The van der Waals surface area contributed by atoms with Crippen LogP contribution in [-0.4, -0.2) is 18.5 Å². The quantitative estimate of drug-likeness (QED) is 0.0990. The maximum atomic E-state index is 13.9. The Morgan fingerprint density at radius 2 is 1.19 bits per heavy atom. The Hall–Kier alpha value is -4.26. The highest BCUT2D eigenvalue weighted by atomic mass is 16.6. The lowest BCUT2D eigenvalue weighted by atomic mass is 9.91. The number of nitrogens with one attached hydrogen (secondary N) is 2. The summed E-state index contributed by atoms with van der Waals surface area (Å²) in [6.07, 6.45) is 0. The fourth-order valence-electron chi connectivity index (χ4n) is 4.86. The van der Waals surface area contributed by atoms with Crippen LogP contribution in [0.5, 0.6) is 0 Å². The van der Waals surface area contributed by atoms with E-state index in [4.69, 9.17) is 9.57 Å². The highest BCUT2D eigenvalue weighted by Crippen LogP contribution is 2.33. The fourth-order valence-corrected chi connectivity index (χ4v) is 4.86. The van der Waals surface area contributed by atoms with E-state index in [2.05, 4.69) is 38.5 Å². The van der Waals surface area contributed by atoms with Crippen molar-refractivity contribution in [1.29, 1.82) is 0 Å². The largest absolute Gasteiger partial charge is 0.463 e. The summed E-state index contributed by atoms with van der Waals surface area (Å²) in [5.41, 5.74) is 8.34. The van der Waals surface area contributed by atoms with Gasteiger partial charge in [-0.3, -0.25) is 14.4 Å². The lowest BCUT2D eigenvalue weighted by molar-refractivity contribution is -0.150. The molecule has 0 saturated heterocycles. The third-order valence-electron chi connectivity index (χ3n) is 7.15. The first-order valence-corrected chi connectivity index (χ1v) is 14.5. The molecular weight excluding hydrogens is 524 g/mol. The van der Waals surface area contributed by atoms with Gasteiger partial charge >= 0.3 is 5.97 Å². The molecule has 0 spiro atoms. The van der Waals surface area contributed by atoms with Crippen LogP contribution in [0.1, 0.15) is 79.3 Å². The molecule has 0 radical (unpaired) electrons. The van der Waals surface area contributed by atoms with E-state index < -0.39 is 23.8 Å². The number of carbonyl (C=O) groups is 2. The maximum Gasteiger partial charge on any atom is 0.323 e. The van der Waals surface area contributed by atoms with Crippen molar-refractivity contribution < 1.29 is 19.2 Å². The molecule has 2 atom stereocenters. The van der Waals surface area contributed by atoms with E-state index in [0.29, 0.717) is 12.2 Å². The number of para-hydroxylation sites is 1. The van der Waals surface area contributed by atoms with Crippen LogP contribution >= 0.6 is 0 Å². The van der Waals surface area contributed by atoms with Gasteiger partial charge in [0, 0.05) is 5.69 Å². The van der Waals surface area contributed by atoms with Crippen molar-refractivity contribution in [1.82, 2.24) is 5.48 Å². The highest BCUT2D eigenvalue weighted by molar-refractivity contribution is 6.10. The third kappa shape index (κ3) is 8.15. The predicted molar refractivity (Wildman–Crippen MR) is 167 cm³/mol. The van der Waals surface area contributed by atoms with Gasteiger partial charge in [0.25, 0.3) is 0 Å². The zero-order chi connectivity index (χ0) is 29.9. The molecular formula is C36H40N2O4. The van der Waals surface area contributed by atoms with Crippen molar-refractivity contribution >= 4 is 17.6 Å². The summed E-state index contributed by atoms with van der Waals surface area (Å²) in [7, 11) is 0. The van der Waals surface area contributed by atoms with E-state index in [1.807, 2.05) is 97.1 Å². The standard InChI is InChI=1S/C36H40N2O4/c1-25(2)30-21-14-22-31(26(3)4)34(30)37-35(39)33(29-19-12-7-13-20-29)36(40)41-24-32(28-17-10-6-11-18-28)38-42-23-27-15-8-5-9-16-27/h5-22,25-26,32-33,38H,23-24H2,1-4H3,(H,37,39). The first-order valence-electron chi connectivity index (χ1n) is 14.5. The van der Waals surface area contributed by atoms with Crippen molar-refractivity contribution in [3.05, 3.63) is 137 Å². The molecule has 1 amide bonds. The lowest BCUT2D eigenvalue weighted by Crippen LogP contribution is -2.33. The number of carbonyl (C=O) groups excluding carboxylic acids is 2. The lowest BCUT2D eigenvalue weighted by Gasteiger charge is -2.24. The maximum absolute atomic E-state index is 13.9. The molecule has 4 rings (SSSR count). The number of amides is 1. The van der Waals surface area contributed by atoms with Crippen LogP contribution in [-0.2, 0) is 25.8 Å². The van der Waals surface area contributed by atoms with Crippen molar-refractivity contribution in [2.24, 2.45) is 0 Å². The summed E-state index contributed by atoms with van der Waals surface area (Å²) in [5, 5.41) is 3.11. The molecule has 0 aliphatic rings. The van der Waals surface area contributed by atoms with Crippen molar-refractivity contribution in [3.63, 3.8) is 0 Å². The number of ether oxygens (including phenoxy) is 1. The minimum Gasteiger partial charge on any atom is -0.463 e. The first-order chi connectivity index (χ1) is 20.3. The summed E-state index contributed by atoms with van der Waals surface area (Å²) in [5.74, 6) is -1.82. The molecule has 6 nitrogen and oxygen atoms in total. The van der Waals surface area contributed by atoms with Crippen LogP contribution in [0.25, 0.3) is 0 Å². The van der Waals surface area contributed by atoms with E-state index in [0.717, 1.165) is 27.9 Å². The molecule has 4 aromatic carbocycles.